The lowest BCUT2D eigenvalue weighted by molar-refractivity contribution is 0.285. The van der Waals surface area contributed by atoms with Crippen LogP contribution in [0.25, 0.3) is 0 Å². The first-order chi connectivity index (χ1) is 9.19. The summed E-state index contributed by atoms with van der Waals surface area (Å²) in [5.74, 6) is 2.07. The van der Waals surface area contributed by atoms with E-state index in [9.17, 15) is 0 Å². The van der Waals surface area contributed by atoms with Gasteiger partial charge in [-0.1, -0.05) is 6.92 Å². The highest BCUT2D eigenvalue weighted by Crippen LogP contribution is 2.17. The first kappa shape index (κ1) is 14.3. The van der Waals surface area contributed by atoms with Gasteiger partial charge < -0.3 is 9.73 Å². The third kappa shape index (κ3) is 4.20. The summed E-state index contributed by atoms with van der Waals surface area (Å²) in [6.45, 7) is 7.84. The molecule has 0 fully saturated rings. The fourth-order valence-electron chi connectivity index (χ4n) is 2.12. The van der Waals surface area contributed by atoms with Crippen molar-refractivity contribution < 1.29 is 4.42 Å². The molecule has 0 bridgehead atoms. The Kier molecular flexibility index (Phi) is 5.19. The summed E-state index contributed by atoms with van der Waals surface area (Å²) in [5, 5.41) is 7.65. The molecule has 2 aromatic rings. The average molecular weight is 278 g/mol. The van der Waals surface area contributed by atoms with Gasteiger partial charge in [-0.2, -0.15) is 11.3 Å². The molecule has 4 heteroatoms. The summed E-state index contributed by atoms with van der Waals surface area (Å²) in [5.41, 5.74) is 2.63. The van der Waals surface area contributed by atoms with Crippen LogP contribution in [0.2, 0.25) is 0 Å². The zero-order valence-electron chi connectivity index (χ0n) is 11.9. The molecule has 0 aliphatic carbocycles. The van der Waals surface area contributed by atoms with Crippen LogP contribution in [0.3, 0.4) is 0 Å². The number of thiophene rings is 1. The number of nitrogens with one attached hydrogen (secondary N) is 1. The number of hydrogen-bond acceptors (Lipinski definition) is 4. The third-order valence-corrected chi connectivity index (χ3v) is 3.83. The first-order valence-electron chi connectivity index (χ1n) is 6.67. The van der Waals surface area contributed by atoms with E-state index in [2.05, 4.69) is 47.1 Å². The van der Waals surface area contributed by atoms with Gasteiger partial charge in [0.25, 0.3) is 0 Å². The normalized spacial score (nSPS) is 11.4. The van der Waals surface area contributed by atoms with Gasteiger partial charge in [-0.15, -0.1) is 0 Å². The maximum absolute atomic E-state index is 5.82. The van der Waals surface area contributed by atoms with E-state index < -0.39 is 0 Å². The topological polar surface area (TPSA) is 28.4 Å². The molecule has 0 amide bonds. The number of aryl methyl sites for hydroxylation is 1. The first-order valence-corrected chi connectivity index (χ1v) is 7.62. The molecule has 1 N–H and O–H groups in total. The van der Waals surface area contributed by atoms with Gasteiger partial charge in [0.2, 0.25) is 0 Å². The van der Waals surface area contributed by atoms with E-state index in [-0.39, 0.29) is 0 Å². The molecule has 0 atom stereocenters. The second-order valence-electron chi connectivity index (χ2n) is 4.88. The smallest absolute Gasteiger partial charge is 0.118 e. The molecule has 2 heterocycles. The van der Waals surface area contributed by atoms with Gasteiger partial charge in [-0.05, 0) is 49.0 Å². The SMILES string of the molecule is CCNCc1cc(CN(C)Cc2ccsc2)oc1C. The van der Waals surface area contributed by atoms with Crippen LogP contribution in [-0.4, -0.2) is 18.5 Å². The van der Waals surface area contributed by atoms with E-state index in [1.165, 1.54) is 11.1 Å². The molecule has 0 saturated carbocycles. The molecule has 0 aromatic carbocycles. The Morgan fingerprint density at radius 2 is 2.21 bits per heavy atom. The van der Waals surface area contributed by atoms with Gasteiger partial charge in [-0.3, -0.25) is 4.90 Å². The summed E-state index contributed by atoms with van der Waals surface area (Å²) >= 11 is 1.75. The predicted octanol–water partition coefficient (Wildman–Crippen LogP) is 3.39. The van der Waals surface area contributed by atoms with Gasteiger partial charge in [0, 0.05) is 18.7 Å². The molecular formula is C15H22N2OS. The molecule has 0 unspecified atom stereocenters. The van der Waals surface area contributed by atoms with Gasteiger partial charge in [0.05, 0.1) is 6.54 Å². The van der Waals surface area contributed by atoms with Crippen molar-refractivity contribution in [2.45, 2.75) is 33.5 Å². The molecule has 2 rings (SSSR count). The molecule has 0 saturated heterocycles. The van der Waals surface area contributed by atoms with Crippen molar-refractivity contribution >= 4 is 11.3 Å². The summed E-state index contributed by atoms with van der Waals surface area (Å²) in [7, 11) is 2.12. The Bertz CT molecular complexity index is 490. The summed E-state index contributed by atoms with van der Waals surface area (Å²) in [6.07, 6.45) is 0. The van der Waals surface area contributed by atoms with Crippen LogP contribution in [0.4, 0.5) is 0 Å². The van der Waals surface area contributed by atoms with Crippen LogP contribution in [0, 0.1) is 6.92 Å². The van der Waals surface area contributed by atoms with Crippen LogP contribution >= 0.6 is 11.3 Å². The number of furan rings is 1. The Morgan fingerprint density at radius 3 is 2.89 bits per heavy atom. The molecule has 0 spiro atoms. The summed E-state index contributed by atoms with van der Waals surface area (Å²) in [4.78, 5) is 2.28. The van der Waals surface area contributed by atoms with Crippen molar-refractivity contribution in [3.05, 3.63) is 45.5 Å². The molecular weight excluding hydrogens is 256 g/mol. The highest BCUT2D eigenvalue weighted by Gasteiger charge is 2.09. The average Bonchev–Trinajstić information content (AvgIpc) is 2.97. The van der Waals surface area contributed by atoms with Crippen molar-refractivity contribution in [3.8, 4) is 0 Å². The fourth-order valence-corrected chi connectivity index (χ4v) is 2.78. The van der Waals surface area contributed by atoms with Crippen molar-refractivity contribution in [2.75, 3.05) is 13.6 Å². The Morgan fingerprint density at radius 1 is 1.37 bits per heavy atom. The minimum absolute atomic E-state index is 0.850. The molecule has 0 radical (unpaired) electrons. The Labute approximate surface area is 119 Å². The van der Waals surface area contributed by atoms with Gasteiger partial charge in [-0.25, -0.2) is 0 Å². The van der Waals surface area contributed by atoms with Crippen LogP contribution in [-0.2, 0) is 19.6 Å². The van der Waals surface area contributed by atoms with E-state index in [0.717, 1.165) is 37.7 Å². The van der Waals surface area contributed by atoms with Gasteiger partial charge in [0.15, 0.2) is 0 Å². The Hall–Kier alpha value is -1.10. The Balaban J connectivity index is 1.91. The van der Waals surface area contributed by atoms with Gasteiger partial charge >= 0.3 is 0 Å². The minimum Gasteiger partial charge on any atom is -0.465 e. The number of nitrogens with zero attached hydrogens (tertiary/aromatic N) is 1. The van der Waals surface area contributed by atoms with E-state index in [0.29, 0.717) is 0 Å². The molecule has 0 aliphatic heterocycles. The second kappa shape index (κ2) is 6.89. The highest BCUT2D eigenvalue weighted by atomic mass is 32.1. The lowest BCUT2D eigenvalue weighted by atomic mass is 10.2. The minimum atomic E-state index is 0.850. The second-order valence-corrected chi connectivity index (χ2v) is 5.66. The number of hydrogen-bond donors (Lipinski definition) is 1. The van der Waals surface area contributed by atoms with Gasteiger partial charge in [0.1, 0.15) is 11.5 Å². The zero-order valence-corrected chi connectivity index (χ0v) is 12.7. The van der Waals surface area contributed by atoms with Crippen LogP contribution < -0.4 is 5.32 Å². The quantitative estimate of drug-likeness (QED) is 0.841. The van der Waals surface area contributed by atoms with Crippen molar-refractivity contribution in [1.29, 1.82) is 0 Å². The molecule has 2 aromatic heterocycles. The van der Waals surface area contributed by atoms with Crippen molar-refractivity contribution in [1.82, 2.24) is 10.2 Å². The van der Waals surface area contributed by atoms with E-state index in [1.807, 2.05) is 6.92 Å². The molecule has 0 aliphatic rings. The summed E-state index contributed by atoms with van der Waals surface area (Å²) in [6, 6.07) is 4.34. The van der Waals surface area contributed by atoms with E-state index in [4.69, 9.17) is 4.42 Å². The predicted molar refractivity (Wildman–Crippen MR) is 80.3 cm³/mol. The highest BCUT2D eigenvalue weighted by molar-refractivity contribution is 7.07. The van der Waals surface area contributed by atoms with Crippen LogP contribution in [0.15, 0.2) is 27.3 Å². The maximum Gasteiger partial charge on any atom is 0.118 e. The summed E-state index contributed by atoms with van der Waals surface area (Å²) < 4.78 is 5.82. The lowest BCUT2D eigenvalue weighted by Gasteiger charge is -2.13. The van der Waals surface area contributed by atoms with E-state index in [1.54, 1.807) is 11.3 Å². The lowest BCUT2D eigenvalue weighted by Crippen LogP contribution is -2.16. The van der Waals surface area contributed by atoms with E-state index >= 15 is 0 Å². The zero-order chi connectivity index (χ0) is 13.7. The number of rotatable bonds is 7. The third-order valence-electron chi connectivity index (χ3n) is 3.10. The van der Waals surface area contributed by atoms with Crippen molar-refractivity contribution in [2.24, 2.45) is 0 Å². The molecule has 3 nitrogen and oxygen atoms in total. The van der Waals surface area contributed by atoms with Crippen LogP contribution in [0.5, 0.6) is 0 Å². The maximum atomic E-state index is 5.82. The molecule has 104 valence electrons. The fraction of sp³-hybridized carbons (Fsp3) is 0.467. The molecule has 19 heavy (non-hydrogen) atoms. The largest absolute Gasteiger partial charge is 0.465 e. The van der Waals surface area contributed by atoms with Crippen LogP contribution in [0.1, 0.15) is 29.6 Å². The monoisotopic (exact) mass is 278 g/mol. The van der Waals surface area contributed by atoms with Crippen molar-refractivity contribution in [3.63, 3.8) is 0 Å². The standard InChI is InChI=1S/C15H22N2OS/c1-4-16-8-14-7-15(18-12(14)2)10-17(3)9-13-5-6-19-11-13/h5-7,11,16H,4,8-10H2,1-3H3.